The second kappa shape index (κ2) is 5.48. The molecule has 0 aromatic rings. The van der Waals surface area contributed by atoms with Gasteiger partial charge in [0.2, 0.25) is 0 Å². The van der Waals surface area contributed by atoms with Crippen molar-refractivity contribution in [1.82, 2.24) is 5.32 Å². The number of hydrogen-bond donors (Lipinski definition) is 2. The lowest BCUT2D eigenvalue weighted by Crippen LogP contribution is -2.51. The highest BCUT2D eigenvalue weighted by Crippen LogP contribution is 2.47. The highest BCUT2D eigenvalue weighted by Gasteiger charge is 2.46. The molecule has 2 atom stereocenters. The lowest BCUT2D eigenvalue weighted by molar-refractivity contribution is -0.173. The van der Waals surface area contributed by atoms with E-state index in [9.17, 15) is 5.11 Å². The van der Waals surface area contributed by atoms with Gasteiger partial charge in [0.1, 0.15) is 0 Å². The Balaban J connectivity index is 1.84. The van der Waals surface area contributed by atoms with Crippen LogP contribution in [0.2, 0.25) is 0 Å². The second-order valence-corrected chi connectivity index (χ2v) is 6.79. The van der Waals surface area contributed by atoms with Crippen molar-refractivity contribution in [1.29, 1.82) is 0 Å². The zero-order valence-corrected chi connectivity index (χ0v) is 12.2. The summed E-state index contributed by atoms with van der Waals surface area (Å²) in [5.41, 5.74) is -0.410. The molecule has 1 aliphatic heterocycles. The van der Waals surface area contributed by atoms with E-state index in [1.165, 1.54) is 19.3 Å². The summed E-state index contributed by atoms with van der Waals surface area (Å²) in [5.74, 6) is 0.403. The van der Waals surface area contributed by atoms with Crippen LogP contribution < -0.4 is 5.32 Å². The van der Waals surface area contributed by atoms with Gasteiger partial charge in [-0.15, -0.1) is 0 Å². The maximum Gasteiger partial charge on any atom is 0.0686 e. The molecule has 2 unspecified atom stereocenters. The molecule has 3 nitrogen and oxygen atoms in total. The zero-order chi connectivity index (χ0) is 13.2. The normalized spacial score (nSPS) is 30.2. The van der Waals surface area contributed by atoms with Crippen molar-refractivity contribution in [3.63, 3.8) is 0 Å². The highest BCUT2D eigenvalue weighted by atomic mass is 16.5. The van der Waals surface area contributed by atoms with Crippen molar-refractivity contribution in [3.8, 4) is 0 Å². The second-order valence-electron chi connectivity index (χ2n) is 6.79. The fraction of sp³-hybridized carbons (Fsp3) is 1.00. The summed E-state index contributed by atoms with van der Waals surface area (Å²) in [7, 11) is 0. The molecule has 1 saturated heterocycles. The van der Waals surface area contributed by atoms with Gasteiger partial charge in [0.15, 0.2) is 0 Å². The summed E-state index contributed by atoms with van der Waals surface area (Å²) in [4.78, 5) is 0. The lowest BCUT2D eigenvalue weighted by Gasteiger charge is -2.50. The first-order chi connectivity index (χ1) is 8.44. The van der Waals surface area contributed by atoms with Gasteiger partial charge < -0.3 is 15.2 Å². The smallest absolute Gasteiger partial charge is 0.0686 e. The fourth-order valence-corrected chi connectivity index (χ4v) is 3.30. The Morgan fingerprint density at radius 3 is 2.72 bits per heavy atom. The van der Waals surface area contributed by atoms with Crippen LogP contribution in [0.1, 0.15) is 59.3 Å². The van der Waals surface area contributed by atoms with E-state index < -0.39 is 5.60 Å². The third-order valence-corrected chi connectivity index (χ3v) is 4.82. The molecular weight excluding hydrogens is 226 g/mol. The fourth-order valence-electron chi connectivity index (χ4n) is 3.30. The molecule has 0 radical (unpaired) electrons. The molecule has 0 aromatic carbocycles. The standard InChI is InChI=1S/C15H29NO2/c1-12(2)16-9-8-14(3,17)13-5-10-18-15(11-13)6-4-7-15/h12-13,16-17H,4-11H2,1-3H3. The van der Waals surface area contributed by atoms with Crippen LogP contribution in [-0.2, 0) is 4.74 Å². The zero-order valence-electron chi connectivity index (χ0n) is 12.2. The summed E-state index contributed by atoms with van der Waals surface area (Å²) >= 11 is 0. The average Bonchev–Trinajstić information content (AvgIpc) is 2.26. The Morgan fingerprint density at radius 2 is 2.17 bits per heavy atom. The molecule has 1 saturated carbocycles. The van der Waals surface area contributed by atoms with Gasteiger partial charge in [-0.25, -0.2) is 0 Å². The van der Waals surface area contributed by atoms with Crippen molar-refractivity contribution in [2.45, 2.75) is 76.5 Å². The SMILES string of the molecule is CC(C)NCCC(C)(O)C1CCOC2(CCC2)C1. The quantitative estimate of drug-likeness (QED) is 0.793. The monoisotopic (exact) mass is 255 g/mol. The van der Waals surface area contributed by atoms with E-state index in [4.69, 9.17) is 4.74 Å². The number of ether oxygens (including phenoxy) is 1. The van der Waals surface area contributed by atoms with E-state index in [0.717, 1.165) is 32.4 Å². The van der Waals surface area contributed by atoms with Gasteiger partial charge in [0.25, 0.3) is 0 Å². The molecule has 1 heterocycles. The van der Waals surface area contributed by atoms with Crippen molar-refractivity contribution in [2.24, 2.45) is 5.92 Å². The molecule has 1 aliphatic carbocycles. The molecule has 3 heteroatoms. The van der Waals surface area contributed by atoms with E-state index in [0.29, 0.717) is 12.0 Å². The van der Waals surface area contributed by atoms with Gasteiger partial charge in [-0.2, -0.15) is 0 Å². The molecule has 2 fully saturated rings. The van der Waals surface area contributed by atoms with Gasteiger partial charge >= 0.3 is 0 Å². The molecule has 18 heavy (non-hydrogen) atoms. The molecule has 2 N–H and O–H groups in total. The van der Waals surface area contributed by atoms with E-state index in [-0.39, 0.29) is 5.60 Å². The molecule has 1 spiro atoms. The van der Waals surface area contributed by atoms with Crippen LogP contribution in [0.5, 0.6) is 0 Å². The Kier molecular flexibility index (Phi) is 4.35. The van der Waals surface area contributed by atoms with Gasteiger partial charge in [-0.05, 0) is 57.9 Å². The predicted molar refractivity (Wildman–Crippen MR) is 73.6 cm³/mol. The summed E-state index contributed by atoms with van der Waals surface area (Å²) < 4.78 is 5.94. The van der Waals surface area contributed by atoms with Crippen LogP contribution in [-0.4, -0.2) is 35.5 Å². The van der Waals surface area contributed by atoms with Gasteiger partial charge in [0, 0.05) is 12.6 Å². The van der Waals surface area contributed by atoms with Crippen molar-refractivity contribution >= 4 is 0 Å². The summed E-state index contributed by atoms with van der Waals surface area (Å²) in [6.45, 7) is 8.03. The Morgan fingerprint density at radius 1 is 1.44 bits per heavy atom. The summed E-state index contributed by atoms with van der Waals surface area (Å²) in [6, 6.07) is 0.494. The number of rotatable bonds is 5. The number of aliphatic hydroxyl groups is 1. The van der Waals surface area contributed by atoms with Crippen LogP contribution in [0.3, 0.4) is 0 Å². The largest absolute Gasteiger partial charge is 0.390 e. The third kappa shape index (κ3) is 3.25. The lowest BCUT2D eigenvalue weighted by atomic mass is 9.67. The molecule has 2 rings (SSSR count). The van der Waals surface area contributed by atoms with Gasteiger partial charge in [-0.3, -0.25) is 0 Å². The van der Waals surface area contributed by atoms with Gasteiger partial charge in [0.05, 0.1) is 11.2 Å². The van der Waals surface area contributed by atoms with E-state index in [2.05, 4.69) is 19.2 Å². The molecule has 0 bridgehead atoms. The highest BCUT2D eigenvalue weighted by molar-refractivity contribution is 4.98. The van der Waals surface area contributed by atoms with E-state index in [1.54, 1.807) is 0 Å². The van der Waals surface area contributed by atoms with E-state index in [1.807, 2.05) is 6.92 Å². The molecule has 0 amide bonds. The first-order valence-corrected chi connectivity index (χ1v) is 7.53. The summed E-state index contributed by atoms with van der Waals surface area (Å²) in [6.07, 6.45) is 6.60. The molecular formula is C15H29NO2. The Bertz CT molecular complexity index is 272. The Hall–Kier alpha value is -0.120. The topological polar surface area (TPSA) is 41.5 Å². The van der Waals surface area contributed by atoms with Crippen LogP contribution in [0, 0.1) is 5.92 Å². The van der Waals surface area contributed by atoms with Crippen LogP contribution in [0.25, 0.3) is 0 Å². The van der Waals surface area contributed by atoms with Crippen molar-refractivity contribution in [2.75, 3.05) is 13.2 Å². The predicted octanol–water partition coefficient (Wildman–Crippen LogP) is 2.47. The number of hydrogen-bond acceptors (Lipinski definition) is 3. The molecule has 2 aliphatic rings. The van der Waals surface area contributed by atoms with Crippen LogP contribution >= 0.6 is 0 Å². The molecule has 106 valence electrons. The average molecular weight is 255 g/mol. The van der Waals surface area contributed by atoms with Gasteiger partial charge in [-0.1, -0.05) is 13.8 Å². The first kappa shape index (κ1) is 14.3. The Labute approximate surface area is 111 Å². The maximum atomic E-state index is 10.7. The third-order valence-electron chi connectivity index (χ3n) is 4.82. The first-order valence-electron chi connectivity index (χ1n) is 7.53. The van der Waals surface area contributed by atoms with Crippen molar-refractivity contribution < 1.29 is 9.84 Å². The van der Waals surface area contributed by atoms with E-state index >= 15 is 0 Å². The summed E-state index contributed by atoms with van der Waals surface area (Å²) in [5, 5.41) is 14.1. The van der Waals surface area contributed by atoms with Crippen LogP contribution in [0.4, 0.5) is 0 Å². The van der Waals surface area contributed by atoms with Crippen molar-refractivity contribution in [3.05, 3.63) is 0 Å². The minimum atomic E-state index is -0.547. The van der Waals surface area contributed by atoms with Crippen LogP contribution in [0.15, 0.2) is 0 Å². The molecule has 0 aromatic heterocycles. The minimum Gasteiger partial charge on any atom is -0.390 e. The maximum absolute atomic E-state index is 10.7. The number of nitrogens with one attached hydrogen (secondary N) is 1. The minimum absolute atomic E-state index is 0.137.